The number of nitrogens with zero attached hydrogens (tertiary/aromatic N) is 18. The van der Waals surface area contributed by atoms with E-state index in [-0.39, 0.29) is 211 Å². The first-order chi connectivity index (χ1) is 66.5. The molecule has 15 rings (SSSR count). The van der Waals surface area contributed by atoms with Gasteiger partial charge in [-0.15, -0.1) is 0 Å². The number of aromatic hydroxyl groups is 3. The van der Waals surface area contributed by atoms with Crippen molar-refractivity contribution < 1.29 is 47.3 Å². The number of aryl methyl sites for hydroxylation is 3. The zero-order valence-corrected chi connectivity index (χ0v) is 86.3. The zero-order chi connectivity index (χ0) is 104. The molecule has 12 heterocycles. The Morgan fingerprint density at radius 3 is 0.865 bits per heavy atom. The van der Waals surface area contributed by atoms with Gasteiger partial charge in [-0.3, -0.25) is 57.4 Å². The number of halogens is 15. The molecule has 12 aromatic rings. The predicted molar refractivity (Wildman–Crippen MR) is 547 cm³/mol. The first-order valence-electron chi connectivity index (χ1n) is 43.7. The Morgan fingerprint density at radius 1 is 0.383 bits per heavy atom. The summed E-state index contributed by atoms with van der Waals surface area (Å²) in [6.07, 6.45) is 8.58. The van der Waals surface area contributed by atoms with E-state index in [4.69, 9.17) is 133 Å². The third kappa shape index (κ3) is 18.7. The van der Waals surface area contributed by atoms with Gasteiger partial charge < -0.3 is 44.7 Å². The molecule has 3 saturated heterocycles. The van der Waals surface area contributed by atoms with Crippen molar-refractivity contribution in [3.8, 4) is 86.3 Å². The number of hydrogen-bond acceptors (Lipinski definition) is 21. The lowest BCUT2D eigenvalue weighted by Gasteiger charge is -2.45. The number of pyridine rings is 9. The van der Waals surface area contributed by atoms with Gasteiger partial charge in [0, 0.05) is 110 Å². The van der Waals surface area contributed by atoms with Gasteiger partial charge in [-0.2, -0.15) is 15.8 Å². The van der Waals surface area contributed by atoms with Crippen LogP contribution in [0.2, 0.25) is 55.2 Å². The molecule has 3 aromatic carbocycles. The first-order valence-corrected chi connectivity index (χ1v) is 47.8. The highest BCUT2D eigenvalue weighted by atomic mass is 35.5. The maximum atomic E-state index is 15.6. The molecule has 3 fully saturated rings. The minimum absolute atomic E-state index is 0.0213. The number of rotatable bonds is 15. The van der Waals surface area contributed by atoms with Crippen molar-refractivity contribution in [1.82, 2.24) is 58.3 Å². The maximum Gasteiger partial charge on any atom is 0.276 e. The lowest BCUT2D eigenvalue weighted by Crippen LogP contribution is -2.58. The Bertz CT molecular complexity index is 6870. The van der Waals surface area contributed by atoms with Gasteiger partial charge in [-0.05, 0) is 151 Å². The quantitative estimate of drug-likeness (QED) is 0.0371. The summed E-state index contributed by atoms with van der Waals surface area (Å²) in [7, 11) is 0. The number of amides is 3. The van der Waals surface area contributed by atoms with Crippen LogP contribution >= 0.6 is 128 Å². The summed E-state index contributed by atoms with van der Waals surface area (Å²) in [6.45, 7) is 40.3. The third-order valence-corrected chi connectivity index (χ3v) is 28.8. The number of hydrogen-bond donors (Lipinski definition) is 3. The fraction of sp³-hybridized carbons (Fsp3) is 0.303. The predicted octanol–water partition coefficient (Wildman–Crippen LogP) is 22.9. The van der Waals surface area contributed by atoms with Crippen molar-refractivity contribution in [2.24, 2.45) is 0 Å². The van der Waals surface area contributed by atoms with Gasteiger partial charge >= 0.3 is 0 Å². The number of aromatic nitrogens is 9. The van der Waals surface area contributed by atoms with Gasteiger partial charge in [-0.1, -0.05) is 189 Å². The molecular formula is C99H87Cl11F4N18O9. The van der Waals surface area contributed by atoms with E-state index < -0.39 is 88.4 Å². The molecule has 42 heteroatoms. The topological polar surface area (TPSA) is 346 Å². The van der Waals surface area contributed by atoms with Gasteiger partial charge in [-0.25, -0.2) is 32.5 Å². The normalized spacial score (nSPS) is 16.6. The number of nitriles is 3. The number of carbonyl (C=O) groups is 3. The van der Waals surface area contributed by atoms with E-state index in [9.17, 15) is 68.7 Å². The summed E-state index contributed by atoms with van der Waals surface area (Å²) < 4.78 is 63.9. The summed E-state index contributed by atoms with van der Waals surface area (Å²) in [5.74, 6) is -9.18. The fourth-order valence-corrected chi connectivity index (χ4v) is 21.3. The van der Waals surface area contributed by atoms with Gasteiger partial charge in [0.15, 0.2) is 23.3 Å². The highest BCUT2D eigenvalue weighted by Gasteiger charge is 2.42. The number of piperazine rings is 3. The molecule has 3 amide bonds. The third-order valence-electron chi connectivity index (χ3n) is 24.8. The molecule has 0 spiro atoms. The van der Waals surface area contributed by atoms with Gasteiger partial charge in [0.05, 0.1) is 115 Å². The molecule has 0 unspecified atom stereocenters. The van der Waals surface area contributed by atoms with E-state index in [1.807, 2.05) is 105 Å². The van der Waals surface area contributed by atoms with E-state index in [2.05, 4.69) is 62.9 Å². The van der Waals surface area contributed by atoms with Crippen LogP contribution in [0.5, 0.6) is 17.2 Å². The summed E-state index contributed by atoms with van der Waals surface area (Å²) in [5.41, 5.74) is 0.578. The molecule has 6 atom stereocenters. The van der Waals surface area contributed by atoms with Crippen LogP contribution in [0.25, 0.3) is 83.9 Å². The zero-order valence-electron chi connectivity index (χ0n) is 78.0. The van der Waals surface area contributed by atoms with Gasteiger partial charge in [0.25, 0.3) is 16.7 Å². The molecular weight excluding hydrogens is 2050 g/mol. The summed E-state index contributed by atoms with van der Waals surface area (Å²) in [5, 5.41) is 60.3. The average molecular weight is 2140 g/mol. The number of fused-ring (bicyclic) bond motifs is 3. The maximum absolute atomic E-state index is 15.6. The molecule has 732 valence electrons. The standard InChI is InChI=1S/C33H29Cl5N6O3.2C33H29Cl3F2N6O3/c1-7-21(45)43-16(5)12-42(13-17(43)6)30-18-10-20(34)28(22-23(35)24(36)25(37)26(38)31(22)46)41-32(18)44(33(47)19(30)11-39)29-15(4)8-9-40-27(29)14(2)3;2*1-7-21(45)43-16(5)12-42(13-17(43)6)30-18-10-20(34)28(22-25(37)23(35)26(38)24(36)31(22)46)41-32(18)44(33(47)19(30)11-39)29-15(4)8-9-40-27(29)14(2)3/h3*7-10,14,16-17,46H,1,12-13H2,2-6H3/t3*16-,17+. The summed E-state index contributed by atoms with van der Waals surface area (Å²) in [4.78, 5) is 120. The number of phenols is 3. The Labute approximate surface area is 861 Å². The SMILES string of the molecule is C=CC(=O)N1[C@H](C)CN(c2c(C#N)c(=O)n(-c3c(C)ccnc3C(C)C)c3nc(-c4c(O)c(Cl)c(Cl)c(Cl)c4Cl)c(Cl)cc23)C[C@@H]1C.C=CC(=O)N1[C@H](C)CN(c2c(C#N)c(=O)n(-c3c(C)ccnc3C(C)C)c3nc(-c4c(O)c(Cl)c(F)c(Cl)c4F)c(Cl)cc23)C[C@@H]1C.C=CC(=O)N1[C@H](C)CN(c2c(C#N)c(=O)n(-c3c(C)ccnc3C(C)C)c3nc(-c4c(O)c(Cl)c(F)c(Cl)c4F)c(Cl)cc23)C[C@@H]1C. The smallest absolute Gasteiger partial charge is 0.276 e. The second kappa shape index (κ2) is 41.9. The summed E-state index contributed by atoms with van der Waals surface area (Å²) in [6, 6.07) is 13.8. The lowest BCUT2D eigenvalue weighted by molar-refractivity contribution is -0.131. The number of phenolic OH excluding ortho intramolecular Hbond substituents is 3. The minimum Gasteiger partial charge on any atom is -0.506 e. The van der Waals surface area contributed by atoms with E-state index >= 15 is 8.78 Å². The van der Waals surface area contributed by atoms with Crippen LogP contribution in [0.15, 0.2) is 107 Å². The Balaban J connectivity index is 0.000000178. The van der Waals surface area contributed by atoms with Crippen LogP contribution in [-0.2, 0) is 14.4 Å². The number of anilines is 3. The fourth-order valence-electron chi connectivity index (χ4n) is 18.7. The molecule has 3 aliphatic heterocycles. The monoisotopic (exact) mass is 2130 g/mol. The molecule has 3 aliphatic rings. The molecule has 3 N–H and O–H groups in total. The molecule has 0 bridgehead atoms. The first kappa shape index (κ1) is 106. The second-order valence-electron chi connectivity index (χ2n) is 35.1. The van der Waals surface area contributed by atoms with Crippen LogP contribution in [-0.4, -0.2) is 167 Å². The lowest BCUT2D eigenvalue weighted by atomic mass is 10.0. The van der Waals surface area contributed by atoms with Crippen molar-refractivity contribution in [1.29, 1.82) is 15.8 Å². The molecule has 0 saturated carbocycles. The Kier molecular flexibility index (Phi) is 31.6. The van der Waals surface area contributed by atoms with Gasteiger partial charge in [0.2, 0.25) is 17.7 Å². The highest BCUT2D eigenvalue weighted by Crippen LogP contribution is 2.54. The minimum atomic E-state index is -1.37. The van der Waals surface area contributed by atoms with Crippen molar-refractivity contribution in [3.63, 3.8) is 0 Å². The van der Waals surface area contributed by atoms with E-state index in [0.29, 0.717) is 75.0 Å². The van der Waals surface area contributed by atoms with E-state index in [1.54, 1.807) is 71.4 Å². The van der Waals surface area contributed by atoms with Gasteiger partial charge in [0.1, 0.15) is 94.2 Å². The summed E-state index contributed by atoms with van der Waals surface area (Å²) >= 11 is 69.6. The number of carbonyl (C=O) groups excluding carboxylic acids is 3. The largest absolute Gasteiger partial charge is 0.506 e. The van der Waals surface area contributed by atoms with E-state index in [1.165, 1.54) is 44.1 Å². The van der Waals surface area contributed by atoms with Crippen molar-refractivity contribution in [2.45, 2.75) is 158 Å². The van der Waals surface area contributed by atoms with Crippen LogP contribution in [0.3, 0.4) is 0 Å². The van der Waals surface area contributed by atoms with Crippen LogP contribution in [0.4, 0.5) is 34.6 Å². The average Bonchev–Trinajstić information content (AvgIpc) is 0.725. The Morgan fingerprint density at radius 2 is 0.624 bits per heavy atom. The highest BCUT2D eigenvalue weighted by molar-refractivity contribution is 6.54. The van der Waals surface area contributed by atoms with Crippen LogP contribution in [0.1, 0.15) is 151 Å². The van der Waals surface area contributed by atoms with Crippen molar-refractivity contribution >= 4 is 195 Å². The van der Waals surface area contributed by atoms with Crippen molar-refractivity contribution in [3.05, 3.63) is 253 Å². The molecule has 141 heavy (non-hydrogen) atoms. The molecule has 0 aliphatic carbocycles. The molecule has 27 nitrogen and oxygen atoms in total. The second-order valence-corrected chi connectivity index (χ2v) is 39.4. The Hall–Kier alpha value is -12.0. The van der Waals surface area contributed by atoms with Crippen LogP contribution < -0.4 is 31.4 Å². The van der Waals surface area contributed by atoms with Crippen LogP contribution in [0, 0.1) is 78.0 Å². The molecule has 9 aromatic heterocycles. The van der Waals surface area contributed by atoms with Crippen molar-refractivity contribution in [2.75, 3.05) is 54.0 Å². The van der Waals surface area contributed by atoms with E-state index in [0.717, 1.165) is 0 Å². The molecule has 0 radical (unpaired) electrons. The number of benzene rings is 3.